The number of rotatable bonds is 4. The summed E-state index contributed by atoms with van der Waals surface area (Å²) in [5, 5.41) is 3.86. The molecule has 2 aromatic rings. The van der Waals surface area contributed by atoms with Gasteiger partial charge in [0.15, 0.2) is 0 Å². The fourth-order valence-corrected chi connectivity index (χ4v) is 3.73. The Morgan fingerprint density at radius 3 is 2.74 bits per heavy atom. The standard InChI is InChI=1S/C14H14BrClFNS/c1-3-18-14(12-4-5-13(15)19-12)9-6-8(2)11(17)7-10(9)16/h4-7,14,18H,3H2,1-2H3. The summed E-state index contributed by atoms with van der Waals surface area (Å²) in [6, 6.07) is 7.26. The molecule has 1 atom stereocenters. The van der Waals surface area contributed by atoms with Crippen molar-refractivity contribution in [2.45, 2.75) is 19.9 Å². The lowest BCUT2D eigenvalue weighted by Gasteiger charge is -2.19. The molecule has 102 valence electrons. The smallest absolute Gasteiger partial charge is 0.127 e. The molecule has 0 aliphatic rings. The molecule has 0 aliphatic carbocycles. The van der Waals surface area contributed by atoms with E-state index >= 15 is 0 Å². The molecular weight excluding hydrogens is 349 g/mol. The SMILES string of the molecule is CCNC(c1ccc(Br)s1)c1cc(C)c(F)cc1Cl. The summed E-state index contributed by atoms with van der Waals surface area (Å²) in [6.45, 7) is 4.61. The highest BCUT2D eigenvalue weighted by Gasteiger charge is 2.19. The van der Waals surface area contributed by atoms with Gasteiger partial charge in [-0.1, -0.05) is 18.5 Å². The third-order valence-corrected chi connectivity index (χ3v) is 4.89. The summed E-state index contributed by atoms with van der Waals surface area (Å²) in [5.41, 5.74) is 1.52. The van der Waals surface area contributed by atoms with Crippen LogP contribution >= 0.6 is 38.9 Å². The van der Waals surface area contributed by atoms with Crippen LogP contribution in [0.15, 0.2) is 28.1 Å². The van der Waals surface area contributed by atoms with Crippen molar-refractivity contribution in [2.75, 3.05) is 6.54 Å². The van der Waals surface area contributed by atoms with E-state index in [4.69, 9.17) is 11.6 Å². The summed E-state index contributed by atoms with van der Waals surface area (Å²) in [6.07, 6.45) is 0. The first-order valence-electron chi connectivity index (χ1n) is 5.97. The predicted molar refractivity (Wildman–Crippen MR) is 83.7 cm³/mol. The highest BCUT2D eigenvalue weighted by molar-refractivity contribution is 9.11. The number of thiophene rings is 1. The first kappa shape index (κ1) is 15.0. The predicted octanol–water partition coefficient (Wildman–Crippen LogP) is 5.31. The molecule has 19 heavy (non-hydrogen) atoms. The minimum absolute atomic E-state index is 0.00639. The molecule has 0 aliphatic heterocycles. The van der Waals surface area contributed by atoms with Gasteiger partial charge < -0.3 is 5.32 Å². The average molecular weight is 363 g/mol. The molecular formula is C14H14BrClFNS. The molecule has 1 aromatic carbocycles. The minimum atomic E-state index is -0.267. The van der Waals surface area contributed by atoms with Crippen molar-refractivity contribution in [3.05, 3.63) is 54.9 Å². The van der Waals surface area contributed by atoms with Crippen molar-refractivity contribution in [1.29, 1.82) is 0 Å². The Morgan fingerprint density at radius 2 is 2.16 bits per heavy atom. The van der Waals surface area contributed by atoms with E-state index in [2.05, 4.69) is 27.3 Å². The van der Waals surface area contributed by atoms with Crippen molar-refractivity contribution in [2.24, 2.45) is 0 Å². The van der Waals surface area contributed by atoms with Crippen LogP contribution in [0.5, 0.6) is 0 Å². The van der Waals surface area contributed by atoms with E-state index in [9.17, 15) is 4.39 Å². The molecule has 0 fully saturated rings. The molecule has 5 heteroatoms. The second kappa shape index (κ2) is 6.35. The highest BCUT2D eigenvalue weighted by Crippen LogP contribution is 2.35. The largest absolute Gasteiger partial charge is 0.306 e. The van der Waals surface area contributed by atoms with Crippen LogP contribution in [0.25, 0.3) is 0 Å². The van der Waals surface area contributed by atoms with E-state index in [1.54, 1.807) is 18.3 Å². The zero-order valence-electron chi connectivity index (χ0n) is 10.6. The lowest BCUT2D eigenvalue weighted by atomic mass is 10.0. The number of benzene rings is 1. The Kier molecular flexibility index (Phi) is 5.01. The molecule has 0 saturated heterocycles. The molecule has 0 radical (unpaired) electrons. The second-order valence-corrected chi connectivity index (χ2v) is 7.16. The van der Waals surface area contributed by atoms with Crippen LogP contribution in [0.4, 0.5) is 4.39 Å². The topological polar surface area (TPSA) is 12.0 Å². The number of aryl methyl sites for hydroxylation is 1. The second-order valence-electron chi connectivity index (χ2n) is 4.26. The minimum Gasteiger partial charge on any atom is -0.306 e. The quantitative estimate of drug-likeness (QED) is 0.777. The first-order valence-corrected chi connectivity index (χ1v) is 7.95. The van der Waals surface area contributed by atoms with E-state index in [1.807, 2.05) is 19.1 Å². The molecule has 1 N–H and O–H groups in total. The van der Waals surface area contributed by atoms with Crippen molar-refractivity contribution < 1.29 is 4.39 Å². The number of nitrogens with one attached hydrogen (secondary N) is 1. The summed E-state index contributed by atoms with van der Waals surface area (Å²) in [7, 11) is 0. The van der Waals surface area contributed by atoms with Gasteiger partial charge in [0.05, 0.1) is 9.83 Å². The highest BCUT2D eigenvalue weighted by atomic mass is 79.9. The molecule has 2 rings (SSSR count). The summed E-state index contributed by atoms with van der Waals surface area (Å²) < 4.78 is 14.6. The maximum atomic E-state index is 13.5. The van der Waals surface area contributed by atoms with Crippen LogP contribution in [-0.2, 0) is 0 Å². The number of hydrogen-bond acceptors (Lipinski definition) is 2. The fourth-order valence-electron chi connectivity index (χ4n) is 1.95. The Balaban J connectivity index is 2.47. The first-order chi connectivity index (χ1) is 9.02. The molecule has 1 nitrogen and oxygen atoms in total. The Hall–Kier alpha value is -0.420. The van der Waals surface area contributed by atoms with Gasteiger partial charge in [0.2, 0.25) is 0 Å². The Labute approximate surface area is 129 Å². The van der Waals surface area contributed by atoms with Gasteiger partial charge in [0.25, 0.3) is 0 Å². The Bertz CT molecular complexity index is 585. The van der Waals surface area contributed by atoms with Gasteiger partial charge >= 0.3 is 0 Å². The average Bonchev–Trinajstić information content (AvgIpc) is 2.78. The number of hydrogen-bond donors (Lipinski definition) is 1. The zero-order chi connectivity index (χ0) is 14.0. The molecule has 0 bridgehead atoms. The van der Waals surface area contributed by atoms with Gasteiger partial charge in [0.1, 0.15) is 5.82 Å². The third kappa shape index (κ3) is 3.37. The summed E-state index contributed by atoms with van der Waals surface area (Å²) in [5.74, 6) is -0.267. The zero-order valence-corrected chi connectivity index (χ0v) is 13.8. The van der Waals surface area contributed by atoms with Gasteiger partial charge in [-0.05, 0) is 64.8 Å². The van der Waals surface area contributed by atoms with Crippen molar-refractivity contribution in [3.8, 4) is 0 Å². The normalized spacial score (nSPS) is 12.7. The van der Waals surface area contributed by atoms with Crippen LogP contribution in [0.1, 0.15) is 29.0 Å². The van der Waals surface area contributed by atoms with Crippen LogP contribution < -0.4 is 5.32 Å². The molecule has 1 heterocycles. The van der Waals surface area contributed by atoms with E-state index in [-0.39, 0.29) is 11.9 Å². The summed E-state index contributed by atoms with van der Waals surface area (Å²) >= 11 is 11.3. The Morgan fingerprint density at radius 1 is 1.42 bits per heavy atom. The lowest BCUT2D eigenvalue weighted by molar-refractivity contribution is 0.609. The van der Waals surface area contributed by atoms with Gasteiger partial charge in [-0.25, -0.2) is 4.39 Å². The lowest BCUT2D eigenvalue weighted by Crippen LogP contribution is -2.21. The molecule has 1 unspecified atom stereocenters. The van der Waals surface area contributed by atoms with Crippen molar-refractivity contribution in [1.82, 2.24) is 5.32 Å². The third-order valence-electron chi connectivity index (χ3n) is 2.88. The monoisotopic (exact) mass is 361 g/mol. The van der Waals surface area contributed by atoms with Crippen molar-refractivity contribution >= 4 is 38.9 Å². The number of halogens is 3. The van der Waals surface area contributed by atoms with Crippen molar-refractivity contribution in [3.63, 3.8) is 0 Å². The van der Waals surface area contributed by atoms with Crippen LogP contribution in [0.2, 0.25) is 5.02 Å². The van der Waals surface area contributed by atoms with E-state index < -0.39 is 0 Å². The maximum absolute atomic E-state index is 13.5. The molecule has 0 saturated carbocycles. The van der Waals surface area contributed by atoms with Crippen LogP contribution in [-0.4, -0.2) is 6.54 Å². The van der Waals surface area contributed by atoms with E-state index in [1.165, 1.54) is 6.07 Å². The molecule has 1 aromatic heterocycles. The van der Waals surface area contributed by atoms with Gasteiger partial charge in [0, 0.05) is 9.90 Å². The maximum Gasteiger partial charge on any atom is 0.127 e. The van der Waals surface area contributed by atoms with E-state index in [0.29, 0.717) is 10.6 Å². The molecule has 0 spiro atoms. The van der Waals surface area contributed by atoms with Gasteiger partial charge in [-0.15, -0.1) is 11.3 Å². The molecule has 0 amide bonds. The van der Waals surface area contributed by atoms with Gasteiger partial charge in [-0.2, -0.15) is 0 Å². The van der Waals surface area contributed by atoms with Gasteiger partial charge in [-0.3, -0.25) is 0 Å². The van der Waals surface area contributed by atoms with E-state index in [0.717, 1.165) is 20.8 Å². The van der Waals surface area contributed by atoms with Crippen LogP contribution in [0.3, 0.4) is 0 Å². The van der Waals surface area contributed by atoms with Crippen LogP contribution in [0, 0.1) is 12.7 Å². The summed E-state index contributed by atoms with van der Waals surface area (Å²) in [4.78, 5) is 1.15. The fraction of sp³-hybridized carbons (Fsp3) is 0.286.